The standard InChI is InChI=1S/C8H10N2O3/c1-10-4-5(7(9)11)3-6(10)8(12)13-2/h3-4H,1-2H3,(H2,9,11). The van der Waals surface area contributed by atoms with Gasteiger partial charge in [0.25, 0.3) is 0 Å². The van der Waals surface area contributed by atoms with Crippen molar-refractivity contribution < 1.29 is 14.3 Å². The quantitative estimate of drug-likeness (QED) is 0.649. The first-order valence-corrected chi connectivity index (χ1v) is 3.60. The fourth-order valence-electron chi connectivity index (χ4n) is 1.01. The first kappa shape index (κ1) is 9.31. The van der Waals surface area contributed by atoms with Crippen LogP contribution in [0.4, 0.5) is 0 Å². The number of hydrogen-bond acceptors (Lipinski definition) is 3. The Kier molecular flexibility index (Phi) is 2.36. The average molecular weight is 182 g/mol. The third-order valence-electron chi connectivity index (χ3n) is 1.68. The molecule has 0 spiro atoms. The molecule has 5 heteroatoms. The van der Waals surface area contributed by atoms with Crippen molar-refractivity contribution in [3.8, 4) is 0 Å². The number of aromatic nitrogens is 1. The molecule has 0 atom stereocenters. The molecule has 0 aliphatic heterocycles. The van der Waals surface area contributed by atoms with Gasteiger partial charge < -0.3 is 15.0 Å². The minimum atomic E-state index is -0.564. The number of carbonyl (C=O) groups excluding carboxylic acids is 2. The smallest absolute Gasteiger partial charge is 0.354 e. The molecule has 70 valence electrons. The van der Waals surface area contributed by atoms with Gasteiger partial charge in [-0.3, -0.25) is 4.79 Å². The Labute approximate surface area is 75.1 Å². The number of hydrogen-bond donors (Lipinski definition) is 1. The topological polar surface area (TPSA) is 74.3 Å². The lowest BCUT2D eigenvalue weighted by Crippen LogP contribution is -2.09. The second-order valence-corrected chi connectivity index (χ2v) is 2.58. The molecule has 1 heterocycles. The first-order chi connectivity index (χ1) is 6.06. The number of aryl methyl sites for hydroxylation is 1. The summed E-state index contributed by atoms with van der Waals surface area (Å²) in [7, 11) is 2.91. The van der Waals surface area contributed by atoms with Crippen molar-refractivity contribution >= 4 is 11.9 Å². The van der Waals surface area contributed by atoms with Crippen molar-refractivity contribution in [2.24, 2.45) is 12.8 Å². The predicted molar refractivity (Wildman–Crippen MR) is 45.3 cm³/mol. The summed E-state index contributed by atoms with van der Waals surface area (Å²) in [6.07, 6.45) is 1.48. The largest absolute Gasteiger partial charge is 0.464 e. The van der Waals surface area contributed by atoms with E-state index in [0.717, 1.165) is 0 Å². The highest BCUT2D eigenvalue weighted by Crippen LogP contribution is 2.07. The molecular weight excluding hydrogens is 172 g/mol. The number of primary amides is 1. The number of esters is 1. The van der Waals surface area contributed by atoms with Gasteiger partial charge in [0, 0.05) is 13.2 Å². The normalized spacial score (nSPS) is 9.69. The van der Waals surface area contributed by atoms with E-state index in [1.165, 1.54) is 23.9 Å². The molecule has 0 fully saturated rings. The van der Waals surface area contributed by atoms with Crippen molar-refractivity contribution in [2.75, 3.05) is 7.11 Å². The zero-order valence-electron chi connectivity index (χ0n) is 7.40. The monoisotopic (exact) mass is 182 g/mol. The molecule has 1 aromatic rings. The molecule has 5 nitrogen and oxygen atoms in total. The summed E-state index contributed by atoms with van der Waals surface area (Å²) in [5, 5.41) is 0. The summed E-state index contributed by atoms with van der Waals surface area (Å²) >= 11 is 0. The van der Waals surface area contributed by atoms with Crippen molar-refractivity contribution in [1.29, 1.82) is 0 Å². The van der Waals surface area contributed by atoms with Crippen LogP contribution in [0.5, 0.6) is 0 Å². The zero-order chi connectivity index (χ0) is 10.0. The van der Waals surface area contributed by atoms with Crippen LogP contribution in [0.3, 0.4) is 0 Å². The number of ether oxygens (including phenoxy) is 1. The molecule has 0 unspecified atom stereocenters. The molecule has 13 heavy (non-hydrogen) atoms. The van der Waals surface area contributed by atoms with Crippen molar-refractivity contribution in [2.45, 2.75) is 0 Å². The van der Waals surface area contributed by atoms with Crippen LogP contribution >= 0.6 is 0 Å². The molecule has 1 rings (SSSR count). The van der Waals surface area contributed by atoms with E-state index in [-0.39, 0.29) is 0 Å². The Bertz CT molecular complexity index is 354. The Morgan fingerprint density at radius 2 is 2.15 bits per heavy atom. The average Bonchev–Trinajstić information content (AvgIpc) is 2.46. The van der Waals surface area contributed by atoms with Gasteiger partial charge in [0.15, 0.2) is 0 Å². The van der Waals surface area contributed by atoms with Gasteiger partial charge in [0.05, 0.1) is 12.7 Å². The number of carbonyl (C=O) groups is 2. The molecule has 0 aliphatic carbocycles. The highest BCUT2D eigenvalue weighted by Gasteiger charge is 2.13. The highest BCUT2D eigenvalue weighted by atomic mass is 16.5. The van der Waals surface area contributed by atoms with Crippen LogP contribution in [0, 0.1) is 0 Å². The van der Waals surface area contributed by atoms with Gasteiger partial charge in [-0.2, -0.15) is 0 Å². The van der Waals surface area contributed by atoms with Crippen molar-refractivity contribution in [3.63, 3.8) is 0 Å². The third kappa shape index (κ3) is 1.69. The van der Waals surface area contributed by atoms with Gasteiger partial charge in [-0.05, 0) is 6.07 Å². The Hall–Kier alpha value is -1.78. The summed E-state index contributed by atoms with van der Waals surface area (Å²) in [5.74, 6) is -1.05. The Morgan fingerprint density at radius 3 is 2.54 bits per heavy atom. The number of nitrogens with two attached hydrogens (primary N) is 1. The van der Waals surface area contributed by atoms with E-state index < -0.39 is 11.9 Å². The van der Waals surface area contributed by atoms with E-state index >= 15 is 0 Å². The molecule has 0 bridgehead atoms. The van der Waals surface area contributed by atoms with Crippen molar-refractivity contribution in [3.05, 3.63) is 23.5 Å². The molecule has 1 aromatic heterocycles. The molecule has 0 radical (unpaired) electrons. The number of methoxy groups -OCH3 is 1. The summed E-state index contributed by atoms with van der Waals surface area (Å²) < 4.78 is 5.99. The molecule has 0 aromatic carbocycles. The number of rotatable bonds is 2. The van der Waals surface area contributed by atoms with Crippen LogP contribution in [0.15, 0.2) is 12.3 Å². The van der Waals surface area contributed by atoms with Gasteiger partial charge in [-0.15, -0.1) is 0 Å². The van der Waals surface area contributed by atoms with Crippen LogP contribution in [-0.4, -0.2) is 23.6 Å². The Morgan fingerprint density at radius 1 is 1.54 bits per heavy atom. The van der Waals surface area contributed by atoms with E-state index in [0.29, 0.717) is 11.3 Å². The summed E-state index contributed by atoms with van der Waals surface area (Å²) in [5.41, 5.74) is 5.63. The minimum Gasteiger partial charge on any atom is -0.464 e. The highest BCUT2D eigenvalue weighted by molar-refractivity contribution is 5.96. The number of amides is 1. The molecule has 0 aliphatic rings. The van der Waals surface area contributed by atoms with Gasteiger partial charge in [0.2, 0.25) is 5.91 Å². The van der Waals surface area contributed by atoms with Gasteiger partial charge in [-0.25, -0.2) is 4.79 Å². The molecule has 1 amide bonds. The van der Waals surface area contributed by atoms with Crippen LogP contribution in [-0.2, 0) is 11.8 Å². The van der Waals surface area contributed by atoms with Gasteiger partial charge >= 0.3 is 5.97 Å². The fourth-order valence-corrected chi connectivity index (χ4v) is 1.01. The summed E-state index contributed by atoms with van der Waals surface area (Å²) in [6.45, 7) is 0. The van der Waals surface area contributed by atoms with E-state index in [2.05, 4.69) is 4.74 Å². The van der Waals surface area contributed by atoms with Crippen LogP contribution in [0.1, 0.15) is 20.8 Å². The van der Waals surface area contributed by atoms with Crippen LogP contribution < -0.4 is 5.73 Å². The minimum absolute atomic E-state index is 0.294. The molecular formula is C8H10N2O3. The SMILES string of the molecule is COC(=O)c1cc(C(N)=O)cn1C. The lowest BCUT2D eigenvalue weighted by atomic mass is 10.3. The molecule has 0 saturated heterocycles. The molecule has 0 saturated carbocycles. The lowest BCUT2D eigenvalue weighted by molar-refractivity contribution is 0.0590. The van der Waals surface area contributed by atoms with E-state index in [1.54, 1.807) is 7.05 Å². The van der Waals surface area contributed by atoms with Crippen LogP contribution in [0.2, 0.25) is 0 Å². The zero-order valence-corrected chi connectivity index (χ0v) is 7.40. The summed E-state index contributed by atoms with van der Waals surface area (Å²) in [4.78, 5) is 21.8. The number of nitrogens with zero attached hydrogens (tertiary/aromatic N) is 1. The predicted octanol–water partition coefficient (Wildman–Crippen LogP) is -0.0894. The second kappa shape index (κ2) is 3.30. The maximum Gasteiger partial charge on any atom is 0.354 e. The molecule has 2 N–H and O–H groups in total. The van der Waals surface area contributed by atoms with E-state index in [9.17, 15) is 9.59 Å². The van der Waals surface area contributed by atoms with E-state index in [4.69, 9.17) is 5.73 Å². The first-order valence-electron chi connectivity index (χ1n) is 3.60. The fraction of sp³-hybridized carbons (Fsp3) is 0.250. The maximum atomic E-state index is 11.1. The maximum absolute atomic E-state index is 11.1. The van der Waals surface area contributed by atoms with E-state index in [1.807, 2.05) is 0 Å². The van der Waals surface area contributed by atoms with Gasteiger partial charge in [0.1, 0.15) is 5.69 Å². The van der Waals surface area contributed by atoms with Crippen molar-refractivity contribution in [1.82, 2.24) is 4.57 Å². The third-order valence-corrected chi connectivity index (χ3v) is 1.68. The Balaban J connectivity index is 3.10. The van der Waals surface area contributed by atoms with Gasteiger partial charge in [-0.1, -0.05) is 0 Å². The summed E-state index contributed by atoms with van der Waals surface area (Å²) in [6, 6.07) is 1.40. The second-order valence-electron chi connectivity index (χ2n) is 2.58. The lowest BCUT2D eigenvalue weighted by Gasteiger charge is -1.98. The van der Waals surface area contributed by atoms with Crippen LogP contribution in [0.25, 0.3) is 0 Å².